The molecule has 5 N–H and O–H groups in total. The van der Waals surface area contributed by atoms with Crippen molar-refractivity contribution in [1.82, 2.24) is 55.8 Å². The number of carbonyl (C=O) groups is 3. The van der Waals surface area contributed by atoms with Crippen molar-refractivity contribution in [1.29, 1.82) is 0 Å². The van der Waals surface area contributed by atoms with Crippen LogP contribution in [0.4, 0.5) is 0 Å². The molecular formula is C27H22N12O4. The largest absolute Gasteiger partial charge is 0.441 e. The van der Waals surface area contributed by atoms with Gasteiger partial charge in [-0.05, 0) is 52.9 Å². The number of benzene rings is 2. The fourth-order valence-corrected chi connectivity index (χ4v) is 5.14. The standard InChI is InChI=1S/C27H22N12O4/c1-12-30-18-8-13(2-7-21(18)43-12)11-29-26(42)20-10-19(32-27-33-24(22(28)40)36-39(20)27)25(41)31-17-6-4-14-9-15(3-5-16(14)17)23-34-37-38-35-23/h2-3,5,7-10,17H,4,6,11H2,1H3,(H2,28,40)(H,29,42)(H,31,41)(H,34,35,37,38)/t17-/m0/s1. The van der Waals surface area contributed by atoms with E-state index in [4.69, 9.17) is 10.2 Å². The summed E-state index contributed by atoms with van der Waals surface area (Å²) in [4.78, 5) is 51.2. The van der Waals surface area contributed by atoms with Gasteiger partial charge < -0.3 is 20.8 Å². The van der Waals surface area contributed by atoms with Crippen LogP contribution in [0.2, 0.25) is 0 Å². The number of carbonyl (C=O) groups excluding carboxylic acids is 3. The van der Waals surface area contributed by atoms with Gasteiger partial charge in [0, 0.05) is 25.1 Å². The van der Waals surface area contributed by atoms with Crippen molar-refractivity contribution >= 4 is 34.6 Å². The number of rotatable bonds is 7. The fourth-order valence-electron chi connectivity index (χ4n) is 5.14. The molecule has 7 rings (SSSR count). The number of hydrogen-bond acceptors (Lipinski definition) is 11. The molecule has 0 aliphatic heterocycles. The number of nitrogens with two attached hydrogens (primary N) is 1. The summed E-state index contributed by atoms with van der Waals surface area (Å²) in [6, 6.07) is 12.2. The van der Waals surface area contributed by atoms with E-state index in [0.717, 1.165) is 33.2 Å². The SMILES string of the molecule is Cc1nc2cc(CNC(=O)c3cc(C(=O)N[C@H]4CCc5cc(-c6nn[nH]n6)ccc54)nc4nc(C(N)=O)nn34)ccc2o1. The molecule has 1 aliphatic rings. The molecule has 4 aromatic heterocycles. The minimum absolute atomic E-state index is 0.0508. The van der Waals surface area contributed by atoms with Crippen LogP contribution in [0.15, 0.2) is 46.9 Å². The quantitative estimate of drug-likeness (QED) is 0.210. The van der Waals surface area contributed by atoms with Crippen LogP contribution in [-0.2, 0) is 13.0 Å². The minimum atomic E-state index is -0.901. The molecule has 0 spiro atoms. The zero-order chi connectivity index (χ0) is 29.7. The Bertz CT molecular complexity index is 2060. The monoisotopic (exact) mass is 578 g/mol. The van der Waals surface area contributed by atoms with Crippen LogP contribution in [0.5, 0.6) is 0 Å². The Morgan fingerprint density at radius 1 is 1.09 bits per heavy atom. The number of aromatic nitrogens is 9. The molecule has 1 aliphatic carbocycles. The molecule has 0 fully saturated rings. The van der Waals surface area contributed by atoms with Crippen LogP contribution in [0.1, 0.15) is 66.6 Å². The second kappa shape index (κ2) is 10.1. The lowest BCUT2D eigenvalue weighted by atomic mass is 10.0. The first kappa shape index (κ1) is 25.9. The van der Waals surface area contributed by atoms with Crippen molar-refractivity contribution in [2.45, 2.75) is 32.4 Å². The molecule has 0 bridgehead atoms. The summed E-state index contributed by atoms with van der Waals surface area (Å²) in [5.41, 5.74) is 10.1. The maximum absolute atomic E-state index is 13.4. The molecule has 214 valence electrons. The third kappa shape index (κ3) is 4.79. The van der Waals surface area contributed by atoms with Gasteiger partial charge in [-0.25, -0.2) is 9.97 Å². The lowest BCUT2D eigenvalue weighted by Gasteiger charge is -2.15. The Kier molecular flexibility index (Phi) is 6.07. The first-order valence-electron chi connectivity index (χ1n) is 13.2. The highest BCUT2D eigenvalue weighted by Gasteiger charge is 2.27. The summed E-state index contributed by atoms with van der Waals surface area (Å²) in [5.74, 6) is -1.44. The zero-order valence-electron chi connectivity index (χ0n) is 22.5. The highest BCUT2D eigenvalue weighted by Crippen LogP contribution is 2.33. The van der Waals surface area contributed by atoms with Gasteiger partial charge in [0.1, 0.15) is 16.9 Å². The predicted molar refractivity (Wildman–Crippen MR) is 147 cm³/mol. The van der Waals surface area contributed by atoms with Gasteiger partial charge in [-0.3, -0.25) is 14.4 Å². The number of aryl methyl sites for hydroxylation is 2. The third-order valence-electron chi connectivity index (χ3n) is 7.14. The topological polar surface area (TPSA) is 225 Å². The van der Waals surface area contributed by atoms with E-state index in [0.29, 0.717) is 29.2 Å². The maximum Gasteiger partial charge on any atom is 0.288 e. The number of tetrazole rings is 1. The molecule has 43 heavy (non-hydrogen) atoms. The molecule has 2 aromatic carbocycles. The number of nitrogens with zero attached hydrogens (tertiary/aromatic N) is 8. The first-order chi connectivity index (χ1) is 20.8. The van der Waals surface area contributed by atoms with E-state index < -0.39 is 17.7 Å². The number of amides is 3. The molecule has 1 atom stereocenters. The van der Waals surface area contributed by atoms with Crippen LogP contribution in [0.3, 0.4) is 0 Å². The third-order valence-corrected chi connectivity index (χ3v) is 7.14. The van der Waals surface area contributed by atoms with E-state index in [1.54, 1.807) is 25.1 Å². The number of H-pyrrole nitrogens is 1. The van der Waals surface area contributed by atoms with Crippen molar-refractivity contribution in [2.75, 3.05) is 0 Å². The Morgan fingerprint density at radius 3 is 2.79 bits per heavy atom. The summed E-state index contributed by atoms with van der Waals surface area (Å²) in [5, 5.41) is 23.9. The Balaban J connectivity index is 1.15. The minimum Gasteiger partial charge on any atom is -0.441 e. The van der Waals surface area contributed by atoms with Crippen molar-refractivity contribution < 1.29 is 18.8 Å². The lowest BCUT2D eigenvalue weighted by Crippen LogP contribution is -2.30. The molecule has 3 amide bonds. The van der Waals surface area contributed by atoms with Crippen LogP contribution in [0.25, 0.3) is 28.3 Å². The van der Waals surface area contributed by atoms with Gasteiger partial charge >= 0.3 is 0 Å². The van der Waals surface area contributed by atoms with Crippen LogP contribution < -0.4 is 16.4 Å². The van der Waals surface area contributed by atoms with Gasteiger partial charge in [-0.15, -0.1) is 15.3 Å². The lowest BCUT2D eigenvalue weighted by molar-refractivity contribution is 0.0930. The molecule has 0 radical (unpaired) electrons. The summed E-state index contributed by atoms with van der Waals surface area (Å²) in [7, 11) is 0. The highest BCUT2D eigenvalue weighted by molar-refractivity contribution is 5.98. The van der Waals surface area contributed by atoms with Crippen LogP contribution in [-0.4, -0.2) is 62.9 Å². The molecule has 0 saturated heterocycles. The second-order valence-electron chi connectivity index (χ2n) is 9.97. The number of nitrogens with one attached hydrogen (secondary N) is 3. The van der Waals surface area contributed by atoms with Gasteiger partial charge in [-0.1, -0.05) is 18.2 Å². The normalized spacial score (nSPS) is 14.2. The van der Waals surface area contributed by atoms with E-state index in [1.807, 2.05) is 18.2 Å². The van der Waals surface area contributed by atoms with Crippen molar-refractivity contribution in [3.8, 4) is 11.4 Å². The number of oxazole rings is 1. The molecule has 4 heterocycles. The van der Waals surface area contributed by atoms with Crippen molar-refractivity contribution in [3.05, 3.63) is 82.3 Å². The van der Waals surface area contributed by atoms with Gasteiger partial charge in [0.15, 0.2) is 11.5 Å². The number of primary amides is 1. The van der Waals surface area contributed by atoms with Crippen LogP contribution >= 0.6 is 0 Å². The average molecular weight is 579 g/mol. The molecule has 0 unspecified atom stereocenters. The van der Waals surface area contributed by atoms with Gasteiger partial charge in [0.25, 0.3) is 23.5 Å². The summed E-state index contributed by atoms with van der Waals surface area (Å²) < 4.78 is 6.59. The van der Waals surface area contributed by atoms with E-state index in [9.17, 15) is 14.4 Å². The highest BCUT2D eigenvalue weighted by atomic mass is 16.3. The number of hydrogen-bond donors (Lipinski definition) is 4. The number of aromatic amines is 1. The van der Waals surface area contributed by atoms with Gasteiger partial charge in [0.2, 0.25) is 11.6 Å². The first-order valence-corrected chi connectivity index (χ1v) is 13.2. The van der Waals surface area contributed by atoms with Crippen LogP contribution in [0, 0.1) is 6.92 Å². The molecule has 16 heteroatoms. The summed E-state index contributed by atoms with van der Waals surface area (Å²) >= 11 is 0. The second-order valence-corrected chi connectivity index (χ2v) is 9.97. The molecule has 16 nitrogen and oxygen atoms in total. The zero-order valence-corrected chi connectivity index (χ0v) is 22.5. The Labute approximate surface area is 241 Å². The average Bonchev–Trinajstić information content (AvgIpc) is 3.80. The molecule has 6 aromatic rings. The van der Waals surface area contributed by atoms with E-state index in [-0.39, 0.29) is 35.6 Å². The number of fused-ring (bicyclic) bond motifs is 3. The maximum atomic E-state index is 13.4. The molecular weight excluding hydrogens is 556 g/mol. The van der Waals surface area contributed by atoms with E-state index in [1.165, 1.54) is 6.07 Å². The smallest absolute Gasteiger partial charge is 0.288 e. The Morgan fingerprint density at radius 2 is 1.98 bits per heavy atom. The van der Waals surface area contributed by atoms with Crippen molar-refractivity contribution in [3.63, 3.8) is 0 Å². The summed E-state index contributed by atoms with van der Waals surface area (Å²) in [6.45, 7) is 1.90. The summed E-state index contributed by atoms with van der Waals surface area (Å²) in [6.07, 6.45) is 1.40. The predicted octanol–water partition coefficient (Wildman–Crippen LogP) is 1.20. The fraction of sp³-hybridized carbons (Fsp3) is 0.185. The van der Waals surface area contributed by atoms with Gasteiger partial charge in [-0.2, -0.15) is 14.7 Å². The van der Waals surface area contributed by atoms with E-state index >= 15 is 0 Å². The Hall–Kier alpha value is -6.06. The molecule has 0 saturated carbocycles. The van der Waals surface area contributed by atoms with E-state index in [2.05, 4.69) is 51.3 Å². The van der Waals surface area contributed by atoms with Crippen molar-refractivity contribution in [2.24, 2.45) is 5.73 Å². The van der Waals surface area contributed by atoms with Gasteiger partial charge in [0.05, 0.1) is 6.04 Å².